The highest BCUT2D eigenvalue weighted by molar-refractivity contribution is 7.99. The molecular weight excluding hydrogens is 263 g/mol. The smallest absolute Gasteiger partial charge is 0.409 e. The topological polar surface area (TPSA) is 92.5 Å². The van der Waals surface area contributed by atoms with Gasteiger partial charge in [-0.3, -0.25) is 10.1 Å². The second-order valence-electron chi connectivity index (χ2n) is 3.44. The molecule has 18 heavy (non-hydrogen) atoms. The van der Waals surface area contributed by atoms with E-state index in [4.69, 9.17) is 5.11 Å². The first-order valence-electron chi connectivity index (χ1n) is 4.79. The SMILES string of the molecule is O=C(O)C(=C1CSc2cc(F)ccc2N1)[N+](=O)[O-]. The highest BCUT2D eigenvalue weighted by Crippen LogP contribution is 2.35. The van der Waals surface area contributed by atoms with E-state index in [1.807, 2.05) is 0 Å². The van der Waals surface area contributed by atoms with E-state index in [-0.39, 0.29) is 11.4 Å². The van der Waals surface area contributed by atoms with Crippen LogP contribution in [0.15, 0.2) is 34.5 Å². The minimum Gasteiger partial charge on any atom is -0.473 e. The number of aliphatic carboxylic acids is 1. The molecule has 0 saturated heterocycles. The Bertz CT molecular complexity index is 557. The summed E-state index contributed by atoms with van der Waals surface area (Å²) in [5, 5.41) is 22.1. The third-order valence-electron chi connectivity index (χ3n) is 2.27. The Morgan fingerprint density at radius 3 is 2.89 bits per heavy atom. The summed E-state index contributed by atoms with van der Waals surface area (Å²) in [7, 11) is 0. The first-order valence-corrected chi connectivity index (χ1v) is 5.78. The van der Waals surface area contributed by atoms with E-state index in [2.05, 4.69) is 5.32 Å². The number of carboxylic acids is 1. The average molecular weight is 270 g/mol. The van der Waals surface area contributed by atoms with Crippen molar-refractivity contribution in [1.82, 2.24) is 0 Å². The van der Waals surface area contributed by atoms with Crippen molar-refractivity contribution in [3.63, 3.8) is 0 Å². The van der Waals surface area contributed by atoms with Gasteiger partial charge in [-0.2, -0.15) is 0 Å². The van der Waals surface area contributed by atoms with Crippen molar-refractivity contribution in [3.8, 4) is 0 Å². The van der Waals surface area contributed by atoms with Gasteiger partial charge < -0.3 is 10.4 Å². The molecule has 8 heteroatoms. The number of rotatable bonds is 2. The van der Waals surface area contributed by atoms with Crippen LogP contribution >= 0.6 is 11.8 Å². The van der Waals surface area contributed by atoms with Gasteiger partial charge in [-0.25, -0.2) is 9.18 Å². The van der Waals surface area contributed by atoms with Crippen molar-refractivity contribution in [3.05, 3.63) is 45.5 Å². The zero-order chi connectivity index (χ0) is 13.3. The number of benzene rings is 1. The molecule has 0 spiro atoms. The first-order chi connectivity index (χ1) is 8.49. The molecule has 1 aliphatic rings. The van der Waals surface area contributed by atoms with E-state index in [0.717, 1.165) is 11.8 Å². The molecule has 94 valence electrons. The van der Waals surface area contributed by atoms with Crippen molar-refractivity contribution in [2.45, 2.75) is 4.90 Å². The van der Waals surface area contributed by atoms with Crippen LogP contribution in [0.2, 0.25) is 0 Å². The van der Waals surface area contributed by atoms with E-state index >= 15 is 0 Å². The molecule has 0 saturated carbocycles. The van der Waals surface area contributed by atoms with Gasteiger partial charge in [-0.05, 0) is 18.2 Å². The molecule has 2 rings (SSSR count). The maximum Gasteiger partial charge on any atom is 0.409 e. The van der Waals surface area contributed by atoms with Crippen LogP contribution in [-0.2, 0) is 4.79 Å². The van der Waals surface area contributed by atoms with Crippen molar-refractivity contribution >= 4 is 23.4 Å². The van der Waals surface area contributed by atoms with Gasteiger partial charge in [0.05, 0.1) is 10.6 Å². The molecule has 0 radical (unpaired) electrons. The van der Waals surface area contributed by atoms with Gasteiger partial charge in [0.25, 0.3) is 0 Å². The molecule has 0 unspecified atom stereocenters. The summed E-state index contributed by atoms with van der Waals surface area (Å²) in [5.74, 6) is -1.93. The molecule has 0 amide bonds. The van der Waals surface area contributed by atoms with Crippen LogP contribution in [0.25, 0.3) is 0 Å². The summed E-state index contributed by atoms with van der Waals surface area (Å²) in [6.07, 6.45) is 0. The number of anilines is 1. The van der Waals surface area contributed by atoms with Gasteiger partial charge in [0.1, 0.15) is 11.5 Å². The summed E-state index contributed by atoms with van der Waals surface area (Å²) in [6, 6.07) is 3.90. The fraction of sp³-hybridized carbons (Fsp3) is 0.100. The van der Waals surface area contributed by atoms with E-state index < -0.39 is 22.4 Å². The maximum absolute atomic E-state index is 13.0. The highest BCUT2D eigenvalue weighted by Gasteiger charge is 2.29. The van der Waals surface area contributed by atoms with Gasteiger partial charge in [-0.15, -0.1) is 11.8 Å². The molecule has 1 heterocycles. The minimum absolute atomic E-state index is 0.00314. The lowest BCUT2D eigenvalue weighted by Gasteiger charge is -2.19. The number of hydrogen-bond acceptors (Lipinski definition) is 5. The Morgan fingerprint density at radius 2 is 2.28 bits per heavy atom. The van der Waals surface area contributed by atoms with Gasteiger partial charge >= 0.3 is 11.7 Å². The molecule has 0 atom stereocenters. The average Bonchev–Trinajstić information content (AvgIpc) is 2.28. The predicted molar refractivity (Wildman–Crippen MR) is 62.4 cm³/mol. The number of fused-ring (bicyclic) bond motifs is 1. The molecule has 0 bridgehead atoms. The van der Waals surface area contributed by atoms with Crippen LogP contribution in [0.4, 0.5) is 10.1 Å². The number of carbonyl (C=O) groups is 1. The van der Waals surface area contributed by atoms with Crippen molar-refractivity contribution in [1.29, 1.82) is 0 Å². The molecule has 1 aliphatic heterocycles. The molecule has 1 aromatic carbocycles. The number of thioether (sulfide) groups is 1. The third kappa shape index (κ3) is 2.28. The van der Waals surface area contributed by atoms with Crippen molar-refractivity contribution in [2.24, 2.45) is 0 Å². The normalized spacial score (nSPS) is 16.5. The van der Waals surface area contributed by atoms with Crippen molar-refractivity contribution < 1.29 is 19.2 Å². The minimum atomic E-state index is -1.60. The number of nitrogens with zero attached hydrogens (tertiary/aromatic N) is 1. The fourth-order valence-corrected chi connectivity index (χ4v) is 2.49. The van der Waals surface area contributed by atoms with Gasteiger partial charge in [0.2, 0.25) is 0 Å². The molecule has 1 aromatic rings. The van der Waals surface area contributed by atoms with Crippen LogP contribution in [0.5, 0.6) is 0 Å². The van der Waals surface area contributed by atoms with Crippen LogP contribution < -0.4 is 5.32 Å². The molecule has 0 fully saturated rings. The quantitative estimate of drug-likeness (QED) is 0.484. The zero-order valence-corrected chi connectivity index (χ0v) is 9.66. The molecule has 0 aliphatic carbocycles. The number of nitro groups is 1. The largest absolute Gasteiger partial charge is 0.473 e. The van der Waals surface area contributed by atoms with Crippen LogP contribution in [0, 0.1) is 15.9 Å². The van der Waals surface area contributed by atoms with E-state index in [9.17, 15) is 19.3 Å². The van der Waals surface area contributed by atoms with E-state index in [0.29, 0.717) is 10.6 Å². The molecule has 2 N–H and O–H groups in total. The Labute approximate surface area is 105 Å². The van der Waals surface area contributed by atoms with Gasteiger partial charge in [0, 0.05) is 10.6 Å². The predicted octanol–water partition coefficient (Wildman–Crippen LogP) is 1.92. The Hall–Kier alpha value is -2.09. The lowest BCUT2D eigenvalue weighted by atomic mass is 10.2. The van der Waals surface area contributed by atoms with Crippen LogP contribution in [-0.4, -0.2) is 21.8 Å². The number of hydrogen-bond donors (Lipinski definition) is 2. The lowest BCUT2D eigenvalue weighted by Crippen LogP contribution is -2.20. The zero-order valence-electron chi connectivity index (χ0n) is 8.84. The lowest BCUT2D eigenvalue weighted by molar-refractivity contribution is -0.422. The maximum atomic E-state index is 13.0. The second-order valence-corrected chi connectivity index (χ2v) is 4.46. The standard InChI is InChI=1S/C10H7FN2O4S/c11-5-1-2-6-8(3-5)18-4-7(12-6)9(10(14)15)13(16)17/h1-3,12H,4H2,(H,14,15). The third-order valence-corrected chi connectivity index (χ3v) is 3.35. The summed E-state index contributed by atoms with van der Waals surface area (Å²) < 4.78 is 13.0. The summed E-state index contributed by atoms with van der Waals surface area (Å²) in [4.78, 5) is 21.1. The van der Waals surface area contributed by atoms with Crippen LogP contribution in [0.3, 0.4) is 0 Å². The van der Waals surface area contributed by atoms with Gasteiger partial charge in [0.15, 0.2) is 0 Å². The number of halogens is 1. The van der Waals surface area contributed by atoms with E-state index in [1.165, 1.54) is 18.2 Å². The number of carboxylic acid groups (broad SMARTS) is 1. The molecular formula is C10H7FN2O4S. The Balaban J connectivity index is 2.42. The van der Waals surface area contributed by atoms with Crippen molar-refractivity contribution in [2.75, 3.05) is 11.1 Å². The Kier molecular flexibility index (Phi) is 3.19. The molecule has 0 aromatic heterocycles. The fourth-order valence-electron chi connectivity index (χ4n) is 1.51. The monoisotopic (exact) mass is 270 g/mol. The van der Waals surface area contributed by atoms with Gasteiger partial charge in [-0.1, -0.05) is 0 Å². The first kappa shape index (κ1) is 12.4. The summed E-state index contributed by atoms with van der Waals surface area (Å²) in [5.41, 5.74) is -0.433. The second kappa shape index (κ2) is 4.65. The van der Waals surface area contributed by atoms with E-state index in [1.54, 1.807) is 0 Å². The number of nitrogens with one attached hydrogen (secondary N) is 1. The Morgan fingerprint density at radius 1 is 1.56 bits per heavy atom. The van der Waals surface area contributed by atoms with Crippen LogP contribution in [0.1, 0.15) is 0 Å². The highest BCUT2D eigenvalue weighted by atomic mass is 32.2. The summed E-state index contributed by atoms with van der Waals surface area (Å²) >= 11 is 1.15. The summed E-state index contributed by atoms with van der Waals surface area (Å²) in [6.45, 7) is 0. The molecule has 6 nitrogen and oxygen atoms in total.